The highest BCUT2D eigenvalue weighted by molar-refractivity contribution is 5.95. The number of carbonyl (C=O) groups excluding carboxylic acids is 4. The molecular formula is C20H37N5O7. The summed E-state index contributed by atoms with van der Waals surface area (Å²) in [5.74, 6) is -4.50. The number of amides is 4. The molecule has 0 aliphatic carbocycles. The average molecular weight is 460 g/mol. The maximum absolute atomic E-state index is 12.8. The molecule has 9 N–H and O–H groups in total. The number of aliphatic carboxylic acids is 1. The van der Waals surface area contributed by atoms with Gasteiger partial charge in [-0.25, -0.2) is 4.79 Å². The summed E-state index contributed by atoms with van der Waals surface area (Å²) in [6, 6.07) is -5.01. The topological polar surface area (TPSA) is 214 Å². The van der Waals surface area contributed by atoms with Gasteiger partial charge in [-0.1, -0.05) is 27.7 Å². The van der Waals surface area contributed by atoms with Crippen LogP contribution in [0.1, 0.15) is 53.9 Å². The predicted molar refractivity (Wildman–Crippen MR) is 116 cm³/mol. The zero-order valence-electron chi connectivity index (χ0n) is 19.3. The summed E-state index contributed by atoms with van der Waals surface area (Å²) in [7, 11) is 0. The van der Waals surface area contributed by atoms with E-state index in [2.05, 4.69) is 16.0 Å². The first-order valence-corrected chi connectivity index (χ1v) is 10.5. The molecule has 0 aromatic heterocycles. The van der Waals surface area contributed by atoms with Crippen molar-refractivity contribution in [2.45, 2.75) is 84.2 Å². The molecular weight excluding hydrogens is 422 g/mol. The van der Waals surface area contributed by atoms with Crippen molar-refractivity contribution in [1.29, 1.82) is 0 Å². The Morgan fingerprint density at radius 3 is 1.66 bits per heavy atom. The van der Waals surface area contributed by atoms with Gasteiger partial charge in [0.15, 0.2) is 0 Å². The minimum absolute atomic E-state index is 0.0220. The van der Waals surface area contributed by atoms with Crippen LogP contribution in [0.2, 0.25) is 0 Å². The summed E-state index contributed by atoms with van der Waals surface area (Å²) >= 11 is 0. The van der Waals surface area contributed by atoms with E-state index in [1.165, 1.54) is 6.92 Å². The van der Waals surface area contributed by atoms with E-state index >= 15 is 0 Å². The summed E-state index contributed by atoms with van der Waals surface area (Å²) in [5.41, 5.74) is 10.6. The Bertz CT molecular complexity index is 681. The third kappa shape index (κ3) is 11.0. The lowest BCUT2D eigenvalue weighted by atomic mass is 10.0. The maximum Gasteiger partial charge on any atom is 0.326 e. The Balaban J connectivity index is 5.43. The van der Waals surface area contributed by atoms with E-state index in [-0.39, 0.29) is 24.7 Å². The third-order valence-corrected chi connectivity index (χ3v) is 4.48. The van der Waals surface area contributed by atoms with Gasteiger partial charge < -0.3 is 37.6 Å². The molecule has 0 radical (unpaired) electrons. The summed E-state index contributed by atoms with van der Waals surface area (Å²) in [6.07, 6.45) is -1.42. The van der Waals surface area contributed by atoms with E-state index in [1.807, 2.05) is 0 Å². The first-order valence-electron chi connectivity index (χ1n) is 10.5. The second kappa shape index (κ2) is 13.6. The predicted octanol–water partition coefficient (Wildman–Crippen LogP) is -1.80. The summed E-state index contributed by atoms with van der Waals surface area (Å²) in [4.78, 5) is 60.0. The van der Waals surface area contributed by atoms with Crippen LogP contribution in [0, 0.1) is 11.8 Å². The second-order valence-electron chi connectivity index (χ2n) is 8.72. The van der Waals surface area contributed by atoms with Gasteiger partial charge in [0.05, 0.1) is 18.6 Å². The first kappa shape index (κ1) is 29.3. The van der Waals surface area contributed by atoms with Crippen molar-refractivity contribution in [3.63, 3.8) is 0 Å². The standard InChI is InChI=1S/C20H37N5O7/c1-9(2)6-13(23-17(28)12(21)8-15(22)27)18(29)25-16(11(5)26)19(30)24-14(20(31)32)7-10(3)4/h9-14,16,26H,6-8,21H2,1-5H3,(H2,22,27)(H,23,28)(H,24,30)(H,25,29)(H,31,32). The van der Waals surface area contributed by atoms with E-state index in [0.29, 0.717) is 0 Å². The molecule has 12 nitrogen and oxygen atoms in total. The molecule has 0 aliphatic rings. The molecule has 0 fully saturated rings. The molecule has 0 aliphatic heterocycles. The normalized spacial score (nSPS) is 15.9. The van der Waals surface area contributed by atoms with Crippen LogP contribution >= 0.6 is 0 Å². The van der Waals surface area contributed by atoms with Gasteiger partial charge in [0.2, 0.25) is 23.6 Å². The SMILES string of the molecule is CC(C)CC(NC(=O)C(NC(=O)C(CC(C)C)NC(=O)C(N)CC(N)=O)C(C)O)C(=O)O. The molecule has 0 spiro atoms. The summed E-state index contributed by atoms with van der Waals surface area (Å²) in [6.45, 7) is 8.45. The Hall–Kier alpha value is -2.73. The number of aliphatic hydroxyl groups is 1. The number of hydrogen-bond donors (Lipinski definition) is 7. The Kier molecular flexibility index (Phi) is 12.5. The average Bonchev–Trinajstić information content (AvgIpc) is 2.62. The van der Waals surface area contributed by atoms with Crippen LogP contribution in [-0.4, -0.2) is 70.1 Å². The van der Waals surface area contributed by atoms with Crippen LogP contribution < -0.4 is 27.4 Å². The van der Waals surface area contributed by atoms with Gasteiger partial charge in [0.1, 0.15) is 18.1 Å². The first-order chi connectivity index (χ1) is 14.6. The molecule has 12 heteroatoms. The minimum atomic E-state index is -1.46. The number of hydrogen-bond acceptors (Lipinski definition) is 7. The van der Waals surface area contributed by atoms with Crippen molar-refractivity contribution in [3.05, 3.63) is 0 Å². The van der Waals surface area contributed by atoms with Gasteiger partial charge in [-0.15, -0.1) is 0 Å². The number of nitrogens with two attached hydrogens (primary N) is 2. The number of carbonyl (C=O) groups is 5. The lowest BCUT2D eigenvalue weighted by Gasteiger charge is -2.27. The Labute approximate surface area is 187 Å². The minimum Gasteiger partial charge on any atom is -0.480 e. The number of aliphatic hydroxyl groups excluding tert-OH is 1. The summed E-state index contributed by atoms with van der Waals surface area (Å²) in [5, 5.41) is 26.5. The quantitative estimate of drug-likeness (QED) is 0.157. The lowest BCUT2D eigenvalue weighted by Crippen LogP contribution is -2.60. The number of rotatable bonds is 14. The van der Waals surface area contributed by atoms with Crippen molar-refractivity contribution >= 4 is 29.6 Å². The number of carboxylic acids is 1. The molecule has 0 rings (SSSR count). The molecule has 0 saturated heterocycles. The fourth-order valence-corrected chi connectivity index (χ4v) is 2.90. The molecule has 0 saturated carbocycles. The fraction of sp³-hybridized carbons (Fsp3) is 0.750. The largest absolute Gasteiger partial charge is 0.480 e. The zero-order chi connectivity index (χ0) is 25.2. The molecule has 0 bridgehead atoms. The van der Waals surface area contributed by atoms with Crippen molar-refractivity contribution in [2.75, 3.05) is 0 Å². The van der Waals surface area contributed by atoms with Gasteiger partial charge in [-0.05, 0) is 31.6 Å². The van der Waals surface area contributed by atoms with Crippen LogP contribution in [0.15, 0.2) is 0 Å². The molecule has 5 unspecified atom stereocenters. The number of primary amides is 1. The van der Waals surface area contributed by atoms with Crippen molar-refractivity contribution in [2.24, 2.45) is 23.3 Å². The second-order valence-corrected chi connectivity index (χ2v) is 8.72. The van der Waals surface area contributed by atoms with Gasteiger partial charge in [0.25, 0.3) is 0 Å². The third-order valence-electron chi connectivity index (χ3n) is 4.48. The highest BCUT2D eigenvalue weighted by atomic mass is 16.4. The van der Waals surface area contributed by atoms with Crippen molar-refractivity contribution in [1.82, 2.24) is 16.0 Å². The fourth-order valence-electron chi connectivity index (χ4n) is 2.90. The smallest absolute Gasteiger partial charge is 0.326 e. The van der Waals surface area contributed by atoms with Crippen molar-refractivity contribution in [3.8, 4) is 0 Å². The van der Waals surface area contributed by atoms with Crippen LogP contribution in [0.3, 0.4) is 0 Å². The lowest BCUT2D eigenvalue weighted by molar-refractivity contribution is -0.143. The number of nitrogens with one attached hydrogen (secondary N) is 3. The van der Waals surface area contributed by atoms with Crippen LogP contribution in [-0.2, 0) is 24.0 Å². The number of carboxylic acid groups (broad SMARTS) is 1. The van der Waals surface area contributed by atoms with Gasteiger partial charge >= 0.3 is 5.97 Å². The monoisotopic (exact) mass is 459 g/mol. The zero-order valence-corrected chi connectivity index (χ0v) is 19.3. The molecule has 4 amide bonds. The van der Waals surface area contributed by atoms with Gasteiger partial charge in [0, 0.05) is 0 Å². The Morgan fingerprint density at radius 1 is 0.781 bits per heavy atom. The van der Waals surface area contributed by atoms with E-state index < -0.39 is 66.3 Å². The maximum atomic E-state index is 12.8. The van der Waals surface area contributed by atoms with Crippen LogP contribution in [0.25, 0.3) is 0 Å². The van der Waals surface area contributed by atoms with E-state index in [0.717, 1.165) is 0 Å². The molecule has 184 valence electrons. The highest BCUT2D eigenvalue weighted by Crippen LogP contribution is 2.09. The Morgan fingerprint density at radius 2 is 1.25 bits per heavy atom. The van der Waals surface area contributed by atoms with Gasteiger partial charge in [-0.2, -0.15) is 0 Å². The molecule has 0 heterocycles. The van der Waals surface area contributed by atoms with E-state index in [4.69, 9.17) is 11.5 Å². The molecule has 32 heavy (non-hydrogen) atoms. The summed E-state index contributed by atoms with van der Waals surface area (Å²) < 4.78 is 0. The van der Waals surface area contributed by atoms with E-state index in [9.17, 15) is 34.2 Å². The molecule has 5 atom stereocenters. The molecule has 0 aromatic carbocycles. The molecule has 0 aromatic rings. The van der Waals surface area contributed by atoms with E-state index in [1.54, 1.807) is 27.7 Å². The van der Waals surface area contributed by atoms with Crippen LogP contribution in [0.4, 0.5) is 0 Å². The van der Waals surface area contributed by atoms with Crippen LogP contribution in [0.5, 0.6) is 0 Å². The van der Waals surface area contributed by atoms with Gasteiger partial charge in [-0.3, -0.25) is 19.2 Å². The van der Waals surface area contributed by atoms with Crippen molar-refractivity contribution < 1.29 is 34.2 Å². The highest BCUT2D eigenvalue weighted by Gasteiger charge is 2.33.